The quantitative estimate of drug-likeness (QED) is 0.681. The molecule has 1 fully saturated rings. The maximum atomic E-state index is 11.8. The summed E-state index contributed by atoms with van der Waals surface area (Å²) in [5.41, 5.74) is 0.632. The highest BCUT2D eigenvalue weighted by Crippen LogP contribution is 2.15. The lowest BCUT2D eigenvalue weighted by Gasteiger charge is -2.31. The molecule has 1 atom stereocenters. The molecular weight excluding hydrogens is 290 g/mol. The second kappa shape index (κ2) is 8.64. The summed E-state index contributed by atoms with van der Waals surface area (Å²) in [7, 11) is 0. The van der Waals surface area contributed by atoms with Crippen molar-refractivity contribution in [2.24, 2.45) is 11.8 Å². The van der Waals surface area contributed by atoms with Crippen LogP contribution in [-0.2, 0) is 4.79 Å². The van der Waals surface area contributed by atoms with E-state index in [-0.39, 0.29) is 30.1 Å². The Morgan fingerprint density at radius 3 is 2.38 bits per heavy atom. The fourth-order valence-corrected chi connectivity index (χ4v) is 2.09. The van der Waals surface area contributed by atoms with Crippen LogP contribution in [0, 0.1) is 11.8 Å². The Morgan fingerprint density at radius 1 is 1.19 bits per heavy atom. The summed E-state index contributed by atoms with van der Waals surface area (Å²) in [6, 6.07) is 9.04. The number of carbonyl (C=O) groups is 2. The van der Waals surface area contributed by atoms with E-state index in [1.165, 1.54) is 0 Å². The molecule has 1 heterocycles. The second-order valence-corrected chi connectivity index (χ2v) is 5.12. The lowest BCUT2D eigenvalue weighted by Crippen LogP contribution is -2.50. The monoisotopic (exact) mass is 311 g/mol. The first-order chi connectivity index (χ1) is 9.68. The number of nitrogens with one attached hydrogen (secondary N) is 3. The second-order valence-electron chi connectivity index (χ2n) is 5.12. The molecule has 0 aliphatic carbocycles. The van der Waals surface area contributed by atoms with Crippen molar-refractivity contribution in [2.75, 3.05) is 26.2 Å². The number of halogens is 1. The summed E-state index contributed by atoms with van der Waals surface area (Å²) in [6.45, 7) is 4.68. The Bertz CT molecular complexity index is 463. The van der Waals surface area contributed by atoms with E-state index < -0.39 is 0 Å². The minimum atomic E-state index is -0.115. The van der Waals surface area contributed by atoms with Gasteiger partial charge in [0.15, 0.2) is 0 Å². The van der Waals surface area contributed by atoms with Gasteiger partial charge in [-0.05, 0) is 31.1 Å². The zero-order valence-electron chi connectivity index (χ0n) is 12.1. The molecule has 0 spiro atoms. The van der Waals surface area contributed by atoms with Crippen molar-refractivity contribution in [2.45, 2.75) is 6.92 Å². The van der Waals surface area contributed by atoms with Crippen molar-refractivity contribution < 1.29 is 9.59 Å². The Kier molecular flexibility index (Phi) is 7.19. The van der Waals surface area contributed by atoms with Gasteiger partial charge in [0.25, 0.3) is 5.91 Å². The Morgan fingerprint density at radius 2 is 1.81 bits per heavy atom. The first-order valence-electron chi connectivity index (χ1n) is 7.00. The number of rotatable bonds is 6. The predicted octanol–water partition coefficient (Wildman–Crippen LogP) is 0.810. The van der Waals surface area contributed by atoms with E-state index in [0.717, 1.165) is 13.1 Å². The molecule has 0 saturated carbocycles. The molecule has 1 saturated heterocycles. The number of benzene rings is 1. The van der Waals surface area contributed by atoms with Gasteiger partial charge in [-0.25, -0.2) is 0 Å². The van der Waals surface area contributed by atoms with Gasteiger partial charge in [0.2, 0.25) is 5.91 Å². The molecule has 1 aromatic carbocycles. The normalized spacial score (nSPS) is 15.3. The minimum Gasteiger partial charge on any atom is -0.354 e. The SMILES string of the molecule is CC(C(=O)NCCNC(=O)c1ccccc1)C1CNC1.Cl. The standard InChI is InChI=1S/C15H21N3O2.ClH/c1-11(13-9-16-10-13)14(19)17-7-8-18-15(20)12-5-3-2-4-6-12;/h2-6,11,13,16H,7-10H2,1H3,(H,17,19)(H,18,20);1H. The van der Waals surface area contributed by atoms with E-state index in [9.17, 15) is 9.59 Å². The van der Waals surface area contributed by atoms with Gasteiger partial charge in [0, 0.05) is 24.6 Å². The molecule has 3 N–H and O–H groups in total. The lowest BCUT2D eigenvalue weighted by atomic mass is 9.88. The van der Waals surface area contributed by atoms with Crippen LogP contribution < -0.4 is 16.0 Å². The molecule has 5 nitrogen and oxygen atoms in total. The molecule has 2 rings (SSSR count). The van der Waals surface area contributed by atoms with Crippen molar-refractivity contribution in [3.8, 4) is 0 Å². The first kappa shape index (κ1) is 17.5. The Hall–Kier alpha value is -1.59. The Labute approximate surface area is 131 Å². The molecule has 1 aromatic rings. The van der Waals surface area contributed by atoms with Crippen LogP contribution in [0.15, 0.2) is 30.3 Å². The van der Waals surface area contributed by atoms with E-state index >= 15 is 0 Å². The largest absolute Gasteiger partial charge is 0.354 e. The summed E-state index contributed by atoms with van der Waals surface area (Å²) < 4.78 is 0. The maximum Gasteiger partial charge on any atom is 0.251 e. The lowest BCUT2D eigenvalue weighted by molar-refractivity contribution is -0.126. The molecule has 0 bridgehead atoms. The molecule has 6 heteroatoms. The zero-order valence-corrected chi connectivity index (χ0v) is 12.9. The highest BCUT2D eigenvalue weighted by atomic mass is 35.5. The smallest absolute Gasteiger partial charge is 0.251 e. The number of carbonyl (C=O) groups excluding carboxylic acids is 2. The summed E-state index contributed by atoms with van der Waals surface area (Å²) in [5, 5.41) is 8.80. The van der Waals surface area contributed by atoms with Crippen molar-refractivity contribution in [3.05, 3.63) is 35.9 Å². The number of hydrogen-bond acceptors (Lipinski definition) is 3. The topological polar surface area (TPSA) is 70.2 Å². The van der Waals surface area contributed by atoms with E-state index in [2.05, 4.69) is 16.0 Å². The van der Waals surface area contributed by atoms with E-state index in [4.69, 9.17) is 0 Å². The molecule has 1 unspecified atom stereocenters. The summed E-state index contributed by atoms with van der Waals surface area (Å²) in [4.78, 5) is 23.6. The average Bonchev–Trinajstić information content (AvgIpc) is 2.42. The summed E-state index contributed by atoms with van der Waals surface area (Å²) in [5.74, 6) is 0.413. The molecular formula is C15H22ClN3O2. The third kappa shape index (κ3) is 5.02. The highest BCUT2D eigenvalue weighted by molar-refractivity contribution is 5.94. The number of amides is 2. The first-order valence-corrected chi connectivity index (χ1v) is 7.00. The number of hydrogen-bond donors (Lipinski definition) is 3. The van der Waals surface area contributed by atoms with Crippen LogP contribution in [0.2, 0.25) is 0 Å². The van der Waals surface area contributed by atoms with Crippen molar-refractivity contribution in [3.63, 3.8) is 0 Å². The molecule has 0 radical (unpaired) electrons. The Balaban J connectivity index is 0.00000220. The molecule has 1 aliphatic rings. The van der Waals surface area contributed by atoms with E-state index in [0.29, 0.717) is 24.6 Å². The average molecular weight is 312 g/mol. The van der Waals surface area contributed by atoms with Crippen molar-refractivity contribution in [1.82, 2.24) is 16.0 Å². The molecule has 1 aliphatic heterocycles. The fraction of sp³-hybridized carbons (Fsp3) is 0.467. The van der Waals surface area contributed by atoms with Gasteiger partial charge < -0.3 is 16.0 Å². The van der Waals surface area contributed by atoms with E-state index in [1.54, 1.807) is 12.1 Å². The van der Waals surface area contributed by atoms with Gasteiger partial charge in [0.05, 0.1) is 0 Å². The molecule has 116 valence electrons. The van der Waals surface area contributed by atoms with Gasteiger partial charge >= 0.3 is 0 Å². The van der Waals surface area contributed by atoms with E-state index in [1.807, 2.05) is 25.1 Å². The summed E-state index contributed by atoms with van der Waals surface area (Å²) in [6.07, 6.45) is 0. The summed E-state index contributed by atoms with van der Waals surface area (Å²) >= 11 is 0. The van der Waals surface area contributed by atoms with Gasteiger partial charge in [-0.2, -0.15) is 0 Å². The third-order valence-corrected chi connectivity index (χ3v) is 3.68. The zero-order chi connectivity index (χ0) is 14.4. The van der Waals surface area contributed by atoms with Gasteiger partial charge in [-0.1, -0.05) is 25.1 Å². The molecule has 21 heavy (non-hydrogen) atoms. The minimum absolute atomic E-state index is 0. The molecule has 0 aromatic heterocycles. The van der Waals surface area contributed by atoms with Crippen LogP contribution in [0.25, 0.3) is 0 Å². The predicted molar refractivity (Wildman–Crippen MR) is 84.6 cm³/mol. The van der Waals surface area contributed by atoms with Gasteiger partial charge in [-0.3, -0.25) is 9.59 Å². The highest BCUT2D eigenvalue weighted by Gasteiger charge is 2.28. The molecule has 2 amide bonds. The van der Waals surface area contributed by atoms with Crippen LogP contribution in [-0.4, -0.2) is 38.0 Å². The van der Waals surface area contributed by atoms with Gasteiger partial charge in [0.1, 0.15) is 0 Å². The van der Waals surface area contributed by atoms with Crippen LogP contribution in [0.3, 0.4) is 0 Å². The maximum absolute atomic E-state index is 11.8. The van der Waals surface area contributed by atoms with Crippen LogP contribution in [0.4, 0.5) is 0 Å². The van der Waals surface area contributed by atoms with Crippen molar-refractivity contribution in [1.29, 1.82) is 0 Å². The van der Waals surface area contributed by atoms with Crippen LogP contribution in [0.1, 0.15) is 17.3 Å². The van der Waals surface area contributed by atoms with Crippen LogP contribution in [0.5, 0.6) is 0 Å². The van der Waals surface area contributed by atoms with Crippen molar-refractivity contribution >= 4 is 24.2 Å². The third-order valence-electron chi connectivity index (χ3n) is 3.68. The van der Waals surface area contributed by atoms with Crippen LogP contribution >= 0.6 is 12.4 Å². The fourth-order valence-electron chi connectivity index (χ4n) is 2.09. The van der Waals surface area contributed by atoms with Gasteiger partial charge in [-0.15, -0.1) is 12.4 Å².